The zero-order valence-corrected chi connectivity index (χ0v) is 16.9. The van der Waals surface area contributed by atoms with Gasteiger partial charge in [-0.05, 0) is 42.6 Å². The van der Waals surface area contributed by atoms with E-state index in [4.69, 9.17) is 21.1 Å². The minimum Gasteiger partial charge on any atom is -0.374 e. The van der Waals surface area contributed by atoms with Crippen LogP contribution in [-0.4, -0.2) is 25.8 Å². The molecule has 1 heterocycles. The molecule has 4 heteroatoms. The number of piperidine rings is 1. The summed E-state index contributed by atoms with van der Waals surface area (Å²) >= 11 is 6.14. The molecule has 1 aliphatic rings. The van der Waals surface area contributed by atoms with E-state index in [1.165, 1.54) is 18.4 Å². The van der Waals surface area contributed by atoms with Crippen molar-refractivity contribution in [1.82, 2.24) is 5.32 Å². The number of nitrogens with one attached hydrogen (secondary N) is 1. The third-order valence-corrected chi connectivity index (χ3v) is 5.51. The van der Waals surface area contributed by atoms with Crippen LogP contribution in [0.5, 0.6) is 0 Å². The molecule has 0 bridgehead atoms. The van der Waals surface area contributed by atoms with Crippen LogP contribution < -0.4 is 5.32 Å². The maximum absolute atomic E-state index is 6.64. The van der Waals surface area contributed by atoms with Crippen LogP contribution in [0.1, 0.15) is 43.7 Å². The first-order valence-electron chi connectivity index (χ1n) is 10.0. The molecule has 146 valence electrons. The lowest BCUT2D eigenvalue weighted by Gasteiger charge is -2.44. The Bertz CT molecular complexity index is 677. The average molecular weight is 388 g/mol. The third-order valence-electron chi connectivity index (χ3n) is 5.26. The highest BCUT2D eigenvalue weighted by molar-refractivity contribution is 6.30. The summed E-state index contributed by atoms with van der Waals surface area (Å²) < 4.78 is 13.0. The van der Waals surface area contributed by atoms with Crippen molar-refractivity contribution in [2.75, 3.05) is 19.7 Å². The van der Waals surface area contributed by atoms with Gasteiger partial charge in [0.15, 0.2) is 0 Å². The maximum Gasteiger partial charge on any atom is 0.122 e. The molecule has 0 aromatic heterocycles. The Balaban J connectivity index is 1.83. The largest absolute Gasteiger partial charge is 0.374 e. The first-order chi connectivity index (χ1) is 13.2. The molecule has 0 saturated carbocycles. The van der Waals surface area contributed by atoms with Crippen LogP contribution >= 0.6 is 11.6 Å². The second-order valence-electron chi connectivity index (χ2n) is 7.19. The van der Waals surface area contributed by atoms with Gasteiger partial charge < -0.3 is 14.8 Å². The summed E-state index contributed by atoms with van der Waals surface area (Å²) in [6.07, 6.45) is 4.33. The Kier molecular flexibility index (Phi) is 7.71. The van der Waals surface area contributed by atoms with Crippen LogP contribution in [0, 0.1) is 0 Å². The van der Waals surface area contributed by atoms with Crippen molar-refractivity contribution in [3.05, 3.63) is 70.7 Å². The van der Waals surface area contributed by atoms with Crippen LogP contribution in [0.2, 0.25) is 5.02 Å². The zero-order valence-electron chi connectivity index (χ0n) is 16.1. The lowest BCUT2D eigenvalue weighted by atomic mass is 9.82. The topological polar surface area (TPSA) is 30.5 Å². The quantitative estimate of drug-likeness (QED) is 0.590. The van der Waals surface area contributed by atoms with E-state index in [2.05, 4.69) is 48.6 Å². The van der Waals surface area contributed by atoms with Crippen molar-refractivity contribution in [3.8, 4) is 0 Å². The molecule has 3 nitrogen and oxygen atoms in total. The fourth-order valence-corrected chi connectivity index (χ4v) is 3.83. The van der Waals surface area contributed by atoms with E-state index in [0.29, 0.717) is 6.61 Å². The number of halogens is 1. The van der Waals surface area contributed by atoms with Gasteiger partial charge in [-0.15, -0.1) is 0 Å². The first kappa shape index (κ1) is 20.3. The maximum atomic E-state index is 6.64. The van der Waals surface area contributed by atoms with Crippen LogP contribution in [-0.2, 0) is 21.7 Å². The first-order valence-corrected chi connectivity index (χ1v) is 10.4. The van der Waals surface area contributed by atoms with E-state index in [-0.39, 0.29) is 6.10 Å². The highest BCUT2D eigenvalue weighted by atomic mass is 35.5. The van der Waals surface area contributed by atoms with Gasteiger partial charge in [-0.3, -0.25) is 0 Å². The van der Waals surface area contributed by atoms with E-state index in [0.717, 1.165) is 43.1 Å². The number of benzene rings is 2. The molecular weight excluding hydrogens is 358 g/mol. The summed E-state index contributed by atoms with van der Waals surface area (Å²) in [6.45, 7) is 5.25. The lowest BCUT2D eigenvalue weighted by Crippen LogP contribution is -2.54. The van der Waals surface area contributed by atoms with E-state index in [9.17, 15) is 0 Å². The minimum atomic E-state index is -0.460. The summed E-state index contributed by atoms with van der Waals surface area (Å²) in [4.78, 5) is 0. The van der Waals surface area contributed by atoms with Gasteiger partial charge in [0.05, 0.1) is 6.61 Å². The molecule has 0 spiro atoms. The Morgan fingerprint density at radius 3 is 2.59 bits per heavy atom. The second kappa shape index (κ2) is 10.2. The van der Waals surface area contributed by atoms with Crippen LogP contribution in [0.4, 0.5) is 0 Å². The van der Waals surface area contributed by atoms with Crippen molar-refractivity contribution < 1.29 is 9.47 Å². The molecule has 0 radical (unpaired) electrons. The van der Waals surface area contributed by atoms with Gasteiger partial charge in [0.2, 0.25) is 0 Å². The van der Waals surface area contributed by atoms with Gasteiger partial charge in [0.25, 0.3) is 0 Å². The van der Waals surface area contributed by atoms with Crippen molar-refractivity contribution >= 4 is 11.6 Å². The standard InChI is InChI=1S/C23H30ClNO2/c1-2-3-7-16-26-22-17-25-15-14-23(22,20-10-12-21(24)13-11-20)27-18-19-8-5-4-6-9-19/h4-6,8-13,22,25H,2-3,7,14-18H2,1H3/t22-,23+/m0/s1. The molecule has 27 heavy (non-hydrogen) atoms. The minimum absolute atomic E-state index is 0.0204. The fraction of sp³-hybridized carbons (Fsp3) is 0.478. The molecule has 1 N–H and O–H groups in total. The molecule has 3 rings (SSSR count). The molecule has 1 aliphatic heterocycles. The van der Waals surface area contributed by atoms with Gasteiger partial charge in [-0.1, -0.05) is 73.8 Å². The van der Waals surface area contributed by atoms with E-state index in [1.807, 2.05) is 18.2 Å². The molecule has 0 unspecified atom stereocenters. The monoisotopic (exact) mass is 387 g/mol. The number of ether oxygens (including phenoxy) is 2. The van der Waals surface area contributed by atoms with Gasteiger partial charge in [-0.25, -0.2) is 0 Å². The predicted molar refractivity (Wildman–Crippen MR) is 111 cm³/mol. The van der Waals surface area contributed by atoms with E-state index >= 15 is 0 Å². The average Bonchev–Trinajstić information content (AvgIpc) is 2.72. The molecule has 0 amide bonds. The predicted octanol–water partition coefficient (Wildman–Crippen LogP) is 5.32. The zero-order chi connectivity index (χ0) is 19.0. The SMILES string of the molecule is CCCCCO[C@H]1CNCC[C@@]1(OCc1ccccc1)c1ccc(Cl)cc1. The van der Waals surface area contributed by atoms with Crippen LogP contribution in [0.3, 0.4) is 0 Å². The lowest BCUT2D eigenvalue weighted by molar-refractivity contribution is -0.173. The van der Waals surface area contributed by atoms with Crippen LogP contribution in [0.25, 0.3) is 0 Å². The van der Waals surface area contributed by atoms with Gasteiger partial charge in [0.1, 0.15) is 11.7 Å². The Hall–Kier alpha value is -1.39. The Labute approximate surface area is 168 Å². The smallest absolute Gasteiger partial charge is 0.122 e. The van der Waals surface area contributed by atoms with Crippen molar-refractivity contribution in [2.24, 2.45) is 0 Å². The summed E-state index contributed by atoms with van der Waals surface area (Å²) in [5, 5.41) is 4.22. The van der Waals surface area contributed by atoms with Gasteiger partial charge in [-0.2, -0.15) is 0 Å². The van der Waals surface area contributed by atoms with Crippen molar-refractivity contribution in [1.29, 1.82) is 0 Å². The molecule has 2 atom stereocenters. The molecule has 1 fully saturated rings. The van der Waals surface area contributed by atoms with Crippen molar-refractivity contribution in [2.45, 2.75) is 50.9 Å². The van der Waals surface area contributed by atoms with E-state index in [1.54, 1.807) is 0 Å². The third kappa shape index (κ3) is 5.32. The fourth-order valence-electron chi connectivity index (χ4n) is 3.70. The summed E-state index contributed by atoms with van der Waals surface area (Å²) in [5.74, 6) is 0. The molecule has 1 saturated heterocycles. The van der Waals surface area contributed by atoms with Gasteiger partial charge >= 0.3 is 0 Å². The van der Waals surface area contributed by atoms with Gasteiger partial charge in [0, 0.05) is 18.2 Å². The second-order valence-corrected chi connectivity index (χ2v) is 7.63. The number of unbranched alkanes of at least 4 members (excludes halogenated alkanes) is 2. The summed E-state index contributed by atoms with van der Waals surface area (Å²) in [5.41, 5.74) is 1.86. The number of rotatable bonds is 9. The van der Waals surface area contributed by atoms with E-state index < -0.39 is 5.60 Å². The number of hydrogen-bond donors (Lipinski definition) is 1. The molecule has 2 aromatic rings. The normalized spacial score (nSPS) is 22.7. The van der Waals surface area contributed by atoms with Crippen LogP contribution in [0.15, 0.2) is 54.6 Å². The summed E-state index contributed by atoms with van der Waals surface area (Å²) in [7, 11) is 0. The molecular formula is C23H30ClNO2. The van der Waals surface area contributed by atoms with Crippen molar-refractivity contribution in [3.63, 3.8) is 0 Å². The Morgan fingerprint density at radius 2 is 1.85 bits per heavy atom. The number of hydrogen-bond acceptors (Lipinski definition) is 3. The highest BCUT2D eigenvalue weighted by Gasteiger charge is 2.44. The molecule has 2 aromatic carbocycles. The molecule has 0 aliphatic carbocycles. The summed E-state index contributed by atoms with van der Waals surface area (Å²) in [6, 6.07) is 18.4. The Morgan fingerprint density at radius 1 is 1.07 bits per heavy atom. The highest BCUT2D eigenvalue weighted by Crippen LogP contribution is 2.38.